The highest BCUT2D eigenvalue weighted by Gasteiger charge is 2.33. The monoisotopic (exact) mass is 252 g/mol. The highest BCUT2D eigenvalue weighted by atomic mass is 19.2. The van der Waals surface area contributed by atoms with Crippen LogP contribution in [0.4, 0.5) is 14.5 Å². The fourth-order valence-corrected chi connectivity index (χ4v) is 3.24. The van der Waals surface area contributed by atoms with Crippen LogP contribution in [-0.4, -0.2) is 25.2 Å². The molecule has 1 N–H and O–H groups in total. The number of benzene rings is 1. The van der Waals surface area contributed by atoms with Gasteiger partial charge in [-0.15, -0.1) is 0 Å². The second-order valence-electron chi connectivity index (χ2n) is 5.20. The lowest BCUT2D eigenvalue weighted by Gasteiger charge is -2.46. The lowest BCUT2D eigenvalue weighted by molar-refractivity contribution is 0.284. The highest BCUT2D eigenvalue weighted by Crippen LogP contribution is 2.30. The molecule has 3 rings (SSSR count). The van der Waals surface area contributed by atoms with Crippen molar-refractivity contribution >= 4 is 5.69 Å². The van der Waals surface area contributed by atoms with Gasteiger partial charge in [0.15, 0.2) is 11.6 Å². The van der Waals surface area contributed by atoms with Crippen molar-refractivity contribution in [3.05, 3.63) is 29.8 Å². The molecule has 98 valence electrons. The number of hydrogen-bond acceptors (Lipinski definition) is 2. The van der Waals surface area contributed by atoms with Gasteiger partial charge in [0.05, 0.1) is 0 Å². The number of nitrogens with one attached hydrogen (secondary N) is 1. The maximum atomic E-state index is 13.3. The number of anilines is 1. The summed E-state index contributed by atoms with van der Waals surface area (Å²) in [5.74, 6) is -1.52. The van der Waals surface area contributed by atoms with Gasteiger partial charge in [-0.1, -0.05) is 12.8 Å². The van der Waals surface area contributed by atoms with Gasteiger partial charge in [-0.05, 0) is 25.0 Å². The normalized spacial score (nSPS) is 28.0. The Balaban J connectivity index is 1.87. The molecule has 18 heavy (non-hydrogen) atoms. The summed E-state index contributed by atoms with van der Waals surface area (Å²) in [6, 6.07) is 5.17. The number of piperazine rings is 1. The van der Waals surface area contributed by atoms with Gasteiger partial charge in [0, 0.05) is 36.9 Å². The Kier molecular flexibility index (Phi) is 3.20. The highest BCUT2D eigenvalue weighted by molar-refractivity contribution is 5.49. The summed E-state index contributed by atoms with van der Waals surface area (Å²) < 4.78 is 26.3. The number of hydrogen-bond donors (Lipinski definition) is 1. The van der Waals surface area contributed by atoms with Crippen LogP contribution in [0.25, 0.3) is 0 Å². The largest absolute Gasteiger partial charge is 0.366 e. The second kappa shape index (κ2) is 4.84. The molecule has 1 aliphatic heterocycles. The summed E-state index contributed by atoms with van der Waals surface area (Å²) in [5, 5.41) is 3.54. The van der Waals surface area contributed by atoms with E-state index in [1.165, 1.54) is 31.4 Å². The van der Waals surface area contributed by atoms with Crippen molar-refractivity contribution in [3.8, 4) is 0 Å². The lowest BCUT2D eigenvalue weighted by Crippen LogP contribution is -2.59. The number of fused-ring (bicyclic) bond motifs is 1. The molecule has 2 fully saturated rings. The molecule has 0 unspecified atom stereocenters. The van der Waals surface area contributed by atoms with Crippen LogP contribution in [0, 0.1) is 11.6 Å². The van der Waals surface area contributed by atoms with E-state index in [4.69, 9.17) is 0 Å². The summed E-state index contributed by atoms with van der Waals surface area (Å²) in [6.45, 7) is 1.78. The fraction of sp³-hybridized carbons (Fsp3) is 0.571. The van der Waals surface area contributed by atoms with Crippen molar-refractivity contribution in [2.45, 2.75) is 37.8 Å². The van der Waals surface area contributed by atoms with Gasteiger partial charge in [0.2, 0.25) is 0 Å². The molecule has 1 heterocycles. The molecule has 0 spiro atoms. The van der Waals surface area contributed by atoms with Gasteiger partial charge >= 0.3 is 0 Å². The van der Waals surface area contributed by atoms with Crippen LogP contribution in [0.3, 0.4) is 0 Å². The van der Waals surface area contributed by atoms with Crippen molar-refractivity contribution in [1.29, 1.82) is 0 Å². The first kappa shape index (κ1) is 11.9. The summed E-state index contributed by atoms with van der Waals surface area (Å²) >= 11 is 0. The Morgan fingerprint density at radius 1 is 1.11 bits per heavy atom. The second-order valence-corrected chi connectivity index (χ2v) is 5.20. The minimum atomic E-state index is -0.769. The van der Waals surface area contributed by atoms with Crippen LogP contribution in [-0.2, 0) is 0 Å². The molecular weight excluding hydrogens is 234 g/mol. The summed E-state index contributed by atoms with van der Waals surface area (Å²) in [7, 11) is 0. The molecule has 1 aromatic carbocycles. The van der Waals surface area contributed by atoms with Crippen molar-refractivity contribution in [1.82, 2.24) is 5.32 Å². The van der Waals surface area contributed by atoms with Gasteiger partial charge in [-0.25, -0.2) is 8.78 Å². The van der Waals surface area contributed by atoms with Crippen molar-refractivity contribution in [3.63, 3.8) is 0 Å². The molecule has 2 aliphatic rings. The Hall–Kier alpha value is -1.16. The minimum absolute atomic E-state index is 0.428. The van der Waals surface area contributed by atoms with Gasteiger partial charge in [-0.3, -0.25) is 0 Å². The minimum Gasteiger partial charge on any atom is -0.366 e. The molecule has 1 saturated carbocycles. The van der Waals surface area contributed by atoms with Gasteiger partial charge in [0.1, 0.15) is 0 Å². The zero-order valence-corrected chi connectivity index (χ0v) is 10.3. The first-order valence-electron chi connectivity index (χ1n) is 6.71. The van der Waals surface area contributed by atoms with Gasteiger partial charge < -0.3 is 10.2 Å². The Labute approximate surface area is 106 Å². The van der Waals surface area contributed by atoms with Crippen molar-refractivity contribution in [2.75, 3.05) is 18.0 Å². The molecule has 2 atom stereocenters. The smallest absolute Gasteiger partial charge is 0.160 e. The molecule has 0 amide bonds. The van der Waals surface area contributed by atoms with Crippen LogP contribution in [0.5, 0.6) is 0 Å². The third-order valence-corrected chi connectivity index (χ3v) is 4.12. The average molecular weight is 252 g/mol. The molecule has 1 saturated heterocycles. The third kappa shape index (κ3) is 2.09. The Morgan fingerprint density at radius 3 is 2.78 bits per heavy atom. The summed E-state index contributed by atoms with van der Waals surface area (Å²) in [6.07, 6.45) is 4.81. The molecule has 0 bridgehead atoms. The van der Waals surface area contributed by atoms with E-state index in [-0.39, 0.29) is 0 Å². The van der Waals surface area contributed by atoms with Crippen LogP contribution in [0.1, 0.15) is 25.7 Å². The number of nitrogens with zero attached hydrogens (tertiary/aromatic N) is 1. The number of halogens is 2. The van der Waals surface area contributed by atoms with Crippen molar-refractivity contribution < 1.29 is 8.78 Å². The van der Waals surface area contributed by atoms with Crippen LogP contribution < -0.4 is 10.2 Å². The van der Waals surface area contributed by atoms with Gasteiger partial charge in [0.25, 0.3) is 0 Å². The molecule has 0 radical (unpaired) electrons. The maximum absolute atomic E-state index is 13.3. The summed E-state index contributed by atoms with van der Waals surface area (Å²) in [4.78, 5) is 2.24. The predicted molar refractivity (Wildman–Crippen MR) is 67.8 cm³/mol. The quantitative estimate of drug-likeness (QED) is 0.826. The summed E-state index contributed by atoms with van der Waals surface area (Å²) in [5.41, 5.74) is 0.812. The van der Waals surface area contributed by atoms with E-state index in [9.17, 15) is 8.78 Å². The lowest BCUT2D eigenvalue weighted by atomic mass is 9.87. The van der Waals surface area contributed by atoms with Gasteiger partial charge in [-0.2, -0.15) is 0 Å². The van der Waals surface area contributed by atoms with E-state index in [2.05, 4.69) is 10.2 Å². The maximum Gasteiger partial charge on any atom is 0.160 e. The first-order chi connectivity index (χ1) is 8.75. The molecule has 1 aromatic rings. The van der Waals surface area contributed by atoms with Crippen LogP contribution in [0.15, 0.2) is 18.2 Å². The molecule has 1 aliphatic carbocycles. The van der Waals surface area contributed by atoms with Crippen LogP contribution in [0.2, 0.25) is 0 Å². The Bertz CT molecular complexity index is 434. The molecular formula is C14H18F2N2. The third-order valence-electron chi connectivity index (χ3n) is 4.12. The molecule has 4 heteroatoms. The first-order valence-corrected chi connectivity index (χ1v) is 6.71. The Morgan fingerprint density at radius 2 is 1.94 bits per heavy atom. The van der Waals surface area contributed by atoms with E-state index in [1.54, 1.807) is 6.07 Å². The average Bonchev–Trinajstić information content (AvgIpc) is 2.41. The van der Waals surface area contributed by atoms with E-state index in [0.29, 0.717) is 12.1 Å². The molecule has 0 aromatic heterocycles. The van der Waals surface area contributed by atoms with E-state index in [1.807, 2.05) is 0 Å². The van der Waals surface area contributed by atoms with E-state index < -0.39 is 11.6 Å². The topological polar surface area (TPSA) is 15.3 Å². The SMILES string of the molecule is Fc1ccc(N2CCN[C@@H]3CCCC[C@@H]32)cc1F. The molecule has 2 nitrogen and oxygen atoms in total. The zero-order chi connectivity index (χ0) is 12.5. The van der Waals surface area contributed by atoms with E-state index in [0.717, 1.165) is 25.2 Å². The van der Waals surface area contributed by atoms with E-state index >= 15 is 0 Å². The number of rotatable bonds is 1. The van der Waals surface area contributed by atoms with Crippen LogP contribution >= 0.6 is 0 Å². The standard InChI is InChI=1S/C14H18F2N2/c15-11-6-5-10(9-12(11)16)18-8-7-17-13-3-1-2-4-14(13)18/h5-6,9,13-14,17H,1-4,7-8H2/t13-,14+/m1/s1. The van der Waals surface area contributed by atoms with Crippen molar-refractivity contribution in [2.24, 2.45) is 0 Å². The predicted octanol–water partition coefficient (Wildman–Crippen LogP) is 2.69. The fourth-order valence-electron chi connectivity index (χ4n) is 3.24. The zero-order valence-electron chi connectivity index (χ0n) is 10.3.